The first-order valence-corrected chi connectivity index (χ1v) is 7.56. The number of nitrogens with two attached hydrogens (primary N) is 1. The van der Waals surface area contributed by atoms with Gasteiger partial charge in [-0.3, -0.25) is 14.4 Å². The Balaban J connectivity index is 1.85. The molecule has 0 aliphatic rings. The number of hydrogen-bond acceptors (Lipinski definition) is 4. The van der Waals surface area contributed by atoms with E-state index in [1.165, 1.54) is 23.5 Å². The maximum atomic E-state index is 11.9. The van der Waals surface area contributed by atoms with Gasteiger partial charge in [-0.15, -0.1) is 11.3 Å². The first-order valence-electron chi connectivity index (χ1n) is 6.75. The molecule has 1 aromatic carbocycles. The second-order valence-electron chi connectivity index (χ2n) is 4.82. The highest BCUT2D eigenvalue weighted by molar-refractivity contribution is 7.14. The van der Waals surface area contributed by atoms with E-state index in [2.05, 4.69) is 5.32 Å². The molecular formula is C16H16N2O3S. The lowest BCUT2D eigenvalue weighted by atomic mass is 10.1. The lowest BCUT2D eigenvalue weighted by Gasteiger charge is -2.05. The molecule has 0 saturated carbocycles. The van der Waals surface area contributed by atoms with Crippen LogP contribution < -0.4 is 11.1 Å². The third-order valence-corrected chi connectivity index (χ3v) is 4.09. The molecule has 0 aliphatic carbocycles. The molecule has 22 heavy (non-hydrogen) atoms. The maximum absolute atomic E-state index is 11.9. The number of nitrogens with one attached hydrogen (secondary N) is 1. The van der Waals surface area contributed by atoms with E-state index < -0.39 is 5.91 Å². The molecule has 0 bridgehead atoms. The second kappa shape index (κ2) is 7.00. The predicted octanol–water partition coefficient (Wildman–Crippen LogP) is 2.76. The van der Waals surface area contributed by atoms with Gasteiger partial charge in [-0.25, -0.2) is 0 Å². The standard InChI is InChI=1S/C16H16N2O3S/c1-10-2-8-14(22-10)13(19)7-9-15(20)18-12-5-3-11(4-6-12)16(17)21/h2-6,8H,7,9H2,1H3,(H2,17,21)(H,18,20). The third kappa shape index (κ3) is 4.26. The number of primary amides is 1. The number of aryl methyl sites for hydroxylation is 1. The van der Waals surface area contributed by atoms with Crippen molar-refractivity contribution in [2.24, 2.45) is 5.73 Å². The van der Waals surface area contributed by atoms with Crippen LogP contribution in [0.1, 0.15) is 37.7 Å². The Morgan fingerprint density at radius 3 is 2.27 bits per heavy atom. The van der Waals surface area contributed by atoms with E-state index in [1.54, 1.807) is 18.2 Å². The van der Waals surface area contributed by atoms with E-state index in [9.17, 15) is 14.4 Å². The first-order chi connectivity index (χ1) is 10.5. The van der Waals surface area contributed by atoms with E-state index in [1.807, 2.05) is 13.0 Å². The van der Waals surface area contributed by atoms with Crippen molar-refractivity contribution in [3.8, 4) is 0 Å². The highest BCUT2D eigenvalue weighted by atomic mass is 32.1. The molecule has 6 heteroatoms. The summed E-state index contributed by atoms with van der Waals surface area (Å²) >= 11 is 1.43. The number of benzene rings is 1. The molecule has 1 aromatic heterocycles. The minimum atomic E-state index is -0.519. The normalized spacial score (nSPS) is 10.2. The molecule has 0 saturated heterocycles. The van der Waals surface area contributed by atoms with Crippen LogP contribution in [-0.2, 0) is 4.79 Å². The summed E-state index contributed by atoms with van der Waals surface area (Å²) in [6.07, 6.45) is 0.290. The van der Waals surface area contributed by atoms with Crippen LogP contribution in [0.3, 0.4) is 0 Å². The van der Waals surface area contributed by atoms with Gasteiger partial charge < -0.3 is 11.1 Å². The first kappa shape index (κ1) is 15.9. The molecule has 2 aromatic rings. The van der Waals surface area contributed by atoms with Crippen LogP contribution in [-0.4, -0.2) is 17.6 Å². The summed E-state index contributed by atoms with van der Waals surface area (Å²) in [4.78, 5) is 36.4. The van der Waals surface area contributed by atoms with Crippen LogP contribution in [0.25, 0.3) is 0 Å². The minimum Gasteiger partial charge on any atom is -0.366 e. The average Bonchev–Trinajstić information content (AvgIpc) is 2.92. The number of ketones is 1. The van der Waals surface area contributed by atoms with Crippen LogP contribution in [0.5, 0.6) is 0 Å². The van der Waals surface area contributed by atoms with E-state index >= 15 is 0 Å². The molecule has 0 spiro atoms. The van der Waals surface area contributed by atoms with Crippen molar-refractivity contribution in [2.75, 3.05) is 5.32 Å². The molecule has 5 nitrogen and oxygen atoms in total. The number of anilines is 1. The molecule has 0 unspecified atom stereocenters. The Morgan fingerprint density at radius 2 is 1.73 bits per heavy atom. The number of rotatable bonds is 6. The summed E-state index contributed by atoms with van der Waals surface area (Å²) in [5.41, 5.74) is 6.08. The monoisotopic (exact) mass is 316 g/mol. The molecule has 0 atom stereocenters. The zero-order valence-corrected chi connectivity index (χ0v) is 12.9. The number of amides is 2. The molecule has 2 amide bonds. The van der Waals surface area contributed by atoms with Gasteiger partial charge in [-0.05, 0) is 43.3 Å². The minimum absolute atomic E-state index is 0.0303. The van der Waals surface area contributed by atoms with Crippen molar-refractivity contribution in [3.05, 3.63) is 51.7 Å². The molecular weight excluding hydrogens is 300 g/mol. The van der Waals surface area contributed by atoms with Crippen molar-refractivity contribution >= 4 is 34.6 Å². The van der Waals surface area contributed by atoms with Crippen LogP contribution in [0.2, 0.25) is 0 Å². The average molecular weight is 316 g/mol. The van der Waals surface area contributed by atoms with Crippen LogP contribution in [0, 0.1) is 6.92 Å². The van der Waals surface area contributed by atoms with Gasteiger partial charge >= 0.3 is 0 Å². The molecule has 0 aliphatic heterocycles. The van der Waals surface area contributed by atoms with E-state index in [0.717, 1.165) is 4.88 Å². The van der Waals surface area contributed by atoms with E-state index in [0.29, 0.717) is 16.1 Å². The number of carbonyl (C=O) groups excluding carboxylic acids is 3. The highest BCUT2D eigenvalue weighted by Gasteiger charge is 2.11. The van der Waals surface area contributed by atoms with Crippen LogP contribution in [0.15, 0.2) is 36.4 Å². The van der Waals surface area contributed by atoms with E-state index in [4.69, 9.17) is 5.73 Å². The van der Waals surface area contributed by atoms with Gasteiger partial charge in [-0.1, -0.05) is 0 Å². The number of carbonyl (C=O) groups is 3. The zero-order chi connectivity index (χ0) is 16.1. The van der Waals surface area contributed by atoms with Crippen molar-refractivity contribution in [1.82, 2.24) is 0 Å². The van der Waals surface area contributed by atoms with Gasteiger partial charge in [0.25, 0.3) is 0 Å². The molecule has 0 fully saturated rings. The maximum Gasteiger partial charge on any atom is 0.248 e. The van der Waals surface area contributed by atoms with Gasteiger partial charge in [0.2, 0.25) is 11.8 Å². The zero-order valence-electron chi connectivity index (χ0n) is 12.1. The Bertz CT molecular complexity index is 704. The molecule has 114 valence electrons. The summed E-state index contributed by atoms with van der Waals surface area (Å²) in [5, 5.41) is 2.68. The van der Waals surface area contributed by atoms with Crippen LogP contribution >= 0.6 is 11.3 Å². The van der Waals surface area contributed by atoms with Crippen molar-refractivity contribution in [3.63, 3.8) is 0 Å². The molecule has 1 heterocycles. The van der Waals surface area contributed by atoms with Crippen LogP contribution in [0.4, 0.5) is 5.69 Å². The second-order valence-corrected chi connectivity index (χ2v) is 6.11. The number of thiophene rings is 1. The largest absolute Gasteiger partial charge is 0.366 e. The SMILES string of the molecule is Cc1ccc(C(=O)CCC(=O)Nc2ccc(C(N)=O)cc2)s1. The molecule has 0 radical (unpaired) electrons. The summed E-state index contributed by atoms with van der Waals surface area (Å²) in [5.74, 6) is -0.791. The fraction of sp³-hybridized carbons (Fsp3) is 0.188. The Labute approximate surface area is 132 Å². The van der Waals surface area contributed by atoms with Crippen molar-refractivity contribution in [1.29, 1.82) is 0 Å². The van der Waals surface area contributed by atoms with Gasteiger partial charge in [-0.2, -0.15) is 0 Å². The summed E-state index contributed by atoms with van der Waals surface area (Å²) in [6.45, 7) is 1.93. The van der Waals surface area contributed by atoms with Crippen molar-refractivity contribution in [2.45, 2.75) is 19.8 Å². The Morgan fingerprint density at radius 1 is 1.05 bits per heavy atom. The van der Waals surface area contributed by atoms with Gasteiger partial charge in [0, 0.05) is 29.0 Å². The van der Waals surface area contributed by atoms with Gasteiger partial charge in [0.1, 0.15) is 0 Å². The lowest BCUT2D eigenvalue weighted by molar-refractivity contribution is -0.116. The highest BCUT2D eigenvalue weighted by Crippen LogP contribution is 2.18. The topological polar surface area (TPSA) is 89.3 Å². The van der Waals surface area contributed by atoms with Gasteiger partial charge in [0.05, 0.1) is 4.88 Å². The third-order valence-electron chi connectivity index (χ3n) is 3.05. The summed E-state index contributed by atoms with van der Waals surface area (Å²) < 4.78 is 0. The number of Topliss-reactive ketones (excluding diaryl/α,β-unsaturated/α-hetero) is 1. The number of hydrogen-bond donors (Lipinski definition) is 2. The fourth-order valence-corrected chi connectivity index (χ4v) is 2.71. The summed E-state index contributed by atoms with van der Waals surface area (Å²) in [7, 11) is 0. The summed E-state index contributed by atoms with van der Waals surface area (Å²) in [6, 6.07) is 9.95. The lowest BCUT2D eigenvalue weighted by Crippen LogP contribution is -2.14. The fourth-order valence-electron chi connectivity index (χ4n) is 1.88. The molecule has 2 rings (SSSR count). The quantitative estimate of drug-likeness (QED) is 0.803. The van der Waals surface area contributed by atoms with E-state index in [-0.39, 0.29) is 24.5 Å². The smallest absolute Gasteiger partial charge is 0.248 e. The van der Waals surface area contributed by atoms with Gasteiger partial charge in [0.15, 0.2) is 5.78 Å². The Hall–Kier alpha value is -2.47. The van der Waals surface area contributed by atoms with Crippen molar-refractivity contribution < 1.29 is 14.4 Å². The Kier molecular flexibility index (Phi) is 5.06. The predicted molar refractivity (Wildman–Crippen MR) is 86.2 cm³/mol. The molecule has 3 N–H and O–H groups in total.